The van der Waals surface area contributed by atoms with Crippen molar-refractivity contribution in [3.63, 3.8) is 0 Å². The van der Waals surface area contributed by atoms with Gasteiger partial charge in [-0.25, -0.2) is 0 Å². The van der Waals surface area contributed by atoms with E-state index in [4.69, 9.17) is 10.5 Å². The highest BCUT2D eigenvalue weighted by Crippen LogP contribution is 2.35. The Morgan fingerprint density at radius 1 is 1.50 bits per heavy atom. The lowest BCUT2D eigenvalue weighted by molar-refractivity contribution is -0.0187. The predicted molar refractivity (Wildman–Crippen MR) is 51.0 cm³/mol. The molecule has 0 amide bonds. The molecule has 0 heterocycles. The topological polar surface area (TPSA) is 35.2 Å². The van der Waals surface area contributed by atoms with Crippen LogP contribution >= 0.6 is 0 Å². The smallest absolute Gasteiger partial charge is 0.0731 e. The summed E-state index contributed by atoms with van der Waals surface area (Å²) in [6.07, 6.45) is 3.92. The average Bonchev–Trinajstić information content (AvgIpc) is 1.99. The summed E-state index contributed by atoms with van der Waals surface area (Å²) in [6.45, 7) is 7.30. The van der Waals surface area contributed by atoms with Crippen LogP contribution in [0.3, 0.4) is 0 Å². The molecule has 1 fully saturated rings. The monoisotopic (exact) mass is 171 g/mol. The molecule has 1 aliphatic rings. The number of ether oxygens (including phenoxy) is 1. The van der Waals surface area contributed by atoms with Crippen molar-refractivity contribution in [3.8, 4) is 0 Å². The van der Waals surface area contributed by atoms with Crippen molar-refractivity contribution < 1.29 is 4.74 Å². The molecule has 0 aromatic rings. The summed E-state index contributed by atoms with van der Waals surface area (Å²) in [4.78, 5) is 0. The minimum Gasteiger partial charge on any atom is -0.377 e. The van der Waals surface area contributed by atoms with Crippen LogP contribution in [0, 0.1) is 5.41 Å². The molecule has 1 saturated carbocycles. The van der Waals surface area contributed by atoms with Gasteiger partial charge in [0.25, 0.3) is 0 Å². The summed E-state index contributed by atoms with van der Waals surface area (Å²) in [5.74, 6) is 0. The van der Waals surface area contributed by atoms with E-state index in [1.165, 1.54) is 12.8 Å². The predicted octanol–water partition coefficient (Wildman–Crippen LogP) is 1.93. The fourth-order valence-electron chi connectivity index (χ4n) is 2.01. The first-order chi connectivity index (χ1) is 5.58. The molecule has 2 unspecified atom stereocenters. The quantitative estimate of drug-likeness (QED) is 0.689. The molecule has 2 nitrogen and oxygen atoms in total. The minimum atomic E-state index is 0.214. The van der Waals surface area contributed by atoms with Crippen molar-refractivity contribution in [3.05, 3.63) is 0 Å². The van der Waals surface area contributed by atoms with Crippen molar-refractivity contribution in [2.75, 3.05) is 6.61 Å². The van der Waals surface area contributed by atoms with Gasteiger partial charge in [0, 0.05) is 12.6 Å². The van der Waals surface area contributed by atoms with Gasteiger partial charge >= 0.3 is 0 Å². The van der Waals surface area contributed by atoms with E-state index >= 15 is 0 Å². The van der Waals surface area contributed by atoms with Gasteiger partial charge in [0.2, 0.25) is 0 Å². The lowest BCUT2D eigenvalue weighted by Crippen LogP contribution is -2.50. The molecule has 2 heteroatoms. The van der Waals surface area contributed by atoms with Gasteiger partial charge < -0.3 is 10.5 Å². The molecule has 72 valence electrons. The zero-order valence-electron chi connectivity index (χ0n) is 8.47. The molecule has 1 rings (SSSR count). The third kappa shape index (κ3) is 1.99. The third-order valence-electron chi connectivity index (χ3n) is 2.99. The Labute approximate surface area is 75.5 Å². The van der Waals surface area contributed by atoms with E-state index < -0.39 is 0 Å². The summed E-state index contributed by atoms with van der Waals surface area (Å²) in [6, 6.07) is 0.214. The third-order valence-corrected chi connectivity index (χ3v) is 2.99. The van der Waals surface area contributed by atoms with Gasteiger partial charge in [0.15, 0.2) is 0 Å². The normalized spacial score (nSPS) is 35.0. The van der Waals surface area contributed by atoms with Crippen molar-refractivity contribution >= 4 is 0 Å². The maximum Gasteiger partial charge on any atom is 0.0731 e. The van der Waals surface area contributed by atoms with E-state index in [9.17, 15) is 0 Å². The van der Waals surface area contributed by atoms with Crippen LogP contribution < -0.4 is 5.73 Å². The Hall–Kier alpha value is -0.0800. The molecular formula is C10H21NO. The van der Waals surface area contributed by atoms with E-state index in [2.05, 4.69) is 13.8 Å². The molecule has 0 saturated heterocycles. The molecule has 0 aromatic heterocycles. The first kappa shape index (κ1) is 10.0. The highest BCUT2D eigenvalue weighted by molar-refractivity contribution is 4.91. The summed E-state index contributed by atoms with van der Waals surface area (Å²) in [7, 11) is 0. The van der Waals surface area contributed by atoms with Gasteiger partial charge in [0.1, 0.15) is 0 Å². The van der Waals surface area contributed by atoms with Gasteiger partial charge in [-0.2, -0.15) is 0 Å². The molecule has 12 heavy (non-hydrogen) atoms. The van der Waals surface area contributed by atoms with Crippen LogP contribution in [0.15, 0.2) is 0 Å². The van der Waals surface area contributed by atoms with Crippen LogP contribution in [0.1, 0.15) is 40.0 Å². The molecular weight excluding hydrogens is 150 g/mol. The SMILES string of the molecule is CCOC1CCCC(C)(C)C1N. The molecule has 2 atom stereocenters. The van der Waals surface area contributed by atoms with Gasteiger partial charge in [0.05, 0.1) is 6.10 Å². The fourth-order valence-corrected chi connectivity index (χ4v) is 2.01. The second-order valence-electron chi connectivity index (χ2n) is 4.40. The van der Waals surface area contributed by atoms with Crippen LogP contribution in [0.4, 0.5) is 0 Å². The second-order valence-corrected chi connectivity index (χ2v) is 4.40. The Morgan fingerprint density at radius 2 is 2.17 bits per heavy atom. The zero-order valence-corrected chi connectivity index (χ0v) is 8.47. The Kier molecular flexibility index (Phi) is 3.13. The minimum absolute atomic E-state index is 0.214. The van der Waals surface area contributed by atoms with Gasteiger partial charge in [-0.3, -0.25) is 0 Å². The molecule has 0 bridgehead atoms. The Bertz CT molecular complexity index is 143. The fraction of sp³-hybridized carbons (Fsp3) is 1.00. The van der Waals surface area contributed by atoms with E-state index in [-0.39, 0.29) is 11.5 Å². The van der Waals surface area contributed by atoms with Gasteiger partial charge in [-0.1, -0.05) is 20.3 Å². The molecule has 0 spiro atoms. The molecule has 1 aliphatic carbocycles. The van der Waals surface area contributed by atoms with E-state index in [1.54, 1.807) is 0 Å². The maximum atomic E-state index is 6.12. The summed E-state index contributed by atoms with van der Waals surface area (Å²) < 4.78 is 5.61. The number of nitrogens with two attached hydrogens (primary N) is 1. The summed E-state index contributed by atoms with van der Waals surface area (Å²) in [5, 5.41) is 0. The molecule has 0 aliphatic heterocycles. The zero-order chi connectivity index (χ0) is 9.19. The van der Waals surface area contributed by atoms with E-state index in [0.717, 1.165) is 13.0 Å². The molecule has 2 N–H and O–H groups in total. The van der Waals surface area contributed by atoms with Crippen LogP contribution in [0.2, 0.25) is 0 Å². The number of hydrogen-bond donors (Lipinski definition) is 1. The standard InChI is InChI=1S/C10H21NO/c1-4-12-8-6-5-7-10(2,3)9(8)11/h8-9H,4-7,11H2,1-3H3. The summed E-state index contributed by atoms with van der Waals surface area (Å²) >= 11 is 0. The number of rotatable bonds is 2. The summed E-state index contributed by atoms with van der Waals surface area (Å²) in [5.41, 5.74) is 6.38. The van der Waals surface area contributed by atoms with Crippen LogP contribution in [-0.4, -0.2) is 18.8 Å². The Balaban J connectivity index is 2.54. The van der Waals surface area contributed by atoms with Crippen LogP contribution in [0.5, 0.6) is 0 Å². The van der Waals surface area contributed by atoms with Crippen molar-refractivity contribution in [1.29, 1.82) is 0 Å². The average molecular weight is 171 g/mol. The maximum absolute atomic E-state index is 6.12. The molecule has 0 aromatic carbocycles. The first-order valence-corrected chi connectivity index (χ1v) is 4.95. The van der Waals surface area contributed by atoms with Gasteiger partial charge in [-0.15, -0.1) is 0 Å². The molecule has 0 radical (unpaired) electrons. The lowest BCUT2D eigenvalue weighted by atomic mass is 9.72. The van der Waals surface area contributed by atoms with E-state index in [0.29, 0.717) is 6.10 Å². The first-order valence-electron chi connectivity index (χ1n) is 4.95. The highest BCUT2D eigenvalue weighted by Gasteiger charge is 2.36. The van der Waals surface area contributed by atoms with E-state index in [1.807, 2.05) is 6.92 Å². The van der Waals surface area contributed by atoms with Gasteiger partial charge in [-0.05, 0) is 25.2 Å². The van der Waals surface area contributed by atoms with Crippen LogP contribution in [-0.2, 0) is 4.74 Å². The number of hydrogen-bond acceptors (Lipinski definition) is 2. The van der Waals surface area contributed by atoms with Crippen LogP contribution in [0.25, 0.3) is 0 Å². The Morgan fingerprint density at radius 3 is 2.75 bits per heavy atom. The lowest BCUT2D eigenvalue weighted by Gasteiger charge is -2.41. The second kappa shape index (κ2) is 3.75. The van der Waals surface area contributed by atoms with Crippen molar-refractivity contribution in [2.45, 2.75) is 52.2 Å². The highest BCUT2D eigenvalue weighted by atomic mass is 16.5. The van der Waals surface area contributed by atoms with Crippen molar-refractivity contribution in [2.24, 2.45) is 11.1 Å². The van der Waals surface area contributed by atoms with Crippen molar-refractivity contribution in [1.82, 2.24) is 0 Å². The largest absolute Gasteiger partial charge is 0.377 e.